The average Bonchev–Trinajstić information content (AvgIpc) is 3.19. The van der Waals surface area contributed by atoms with Gasteiger partial charge in [0.15, 0.2) is 0 Å². The van der Waals surface area contributed by atoms with Crippen molar-refractivity contribution < 1.29 is 14.0 Å². The van der Waals surface area contributed by atoms with Crippen molar-refractivity contribution in [2.24, 2.45) is 0 Å². The summed E-state index contributed by atoms with van der Waals surface area (Å²) in [5, 5.41) is 7.91. The lowest BCUT2D eigenvalue weighted by atomic mass is 9.92. The molecule has 2 aromatic carbocycles. The van der Waals surface area contributed by atoms with Crippen LogP contribution in [0.4, 0.5) is 20.7 Å². The second-order valence-electron chi connectivity index (χ2n) is 8.91. The topological polar surface area (TPSA) is 70.5 Å². The minimum atomic E-state index is -0.715. The first kappa shape index (κ1) is 24.3. The summed E-state index contributed by atoms with van der Waals surface area (Å²) in [6, 6.07) is 12.5. The van der Waals surface area contributed by atoms with Gasteiger partial charge in [0.1, 0.15) is 11.6 Å². The molecule has 7 nitrogen and oxygen atoms in total. The zero-order valence-corrected chi connectivity index (χ0v) is 20.2. The highest BCUT2D eigenvalue weighted by Gasteiger charge is 2.25. The molecule has 0 fully saturated rings. The highest BCUT2D eigenvalue weighted by Crippen LogP contribution is 2.29. The Kier molecular flexibility index (Phi) is 6.78. The third kappa shape index (κ3) is 5.34. The Morgan fingerprint density at radius 1 is 1.06 bits per heavy atom. The SMILES string of the molecule is CN(C)C(=O)c1ccc(NC(=O)N(C)c2cc(C(C)(C)C)nn2-c2cccc(Cl)c2)cc1F. The van der Waals surface area contributed by atoms with E-state index >= 15 is 0 Å². The predicted octanol–water partition coefficient (Wildman–Crippen LogP) is 5.33. The standard InChI is InChI=1S/C24H27ClFN5O2/c1-24(2,3)20-14-21(31(28-20)17-9-7-8-15(25)12-17)30(6)23(33)27-16-10-11-18(19(26)13-16)22(32)29(4)5/h7-14H,1-6H3,(H,27,33). The molecule has 9 heteroatoms. The quantitative estimate of drug-likeness (QED) is 0.559. The largest absolute Gasteiger partial charge is 0.345 e. The Morgan fingerprint density at radius 3 is 2.33 bits per heavy atom. The van der Waals surface area contributed by atoms with E-state index in [0.717, 1.165) is 11.8 Å². The molecule has 0 saturated carbocycles. The highest BCUT2D eigenvalue weighted by atomic mass is 35.5. The van der Waals surface area contributed by atoms with Crippen LogP contribution in [0.2, 0.25) is 5.02 Å². The second-order valence-corrected chi connectivity index (χ2v) is 9.35. The molecule has 0 aliphatic rings. The first-order valence-electron chi connectivity index (χ1n) is 10.3. The van der Waals surface area contributed by atoms with Crippen molar-refractivity contribution in [3.8, 4) is 5.69 Å². The van der Waals surface area contributed by atoms with E-state index in [2.05, 4.69) is 5.32 Å². The Bertz CT molecular complexity index is 1200. The number of amides is 3. The van der Waals surface area contributed by atoms with Crippen molar-refractivity contribution in [1.82, 2.24) is 14.7 Å². The molecule has 0 aliphatic carbocycles. The molecule has 3 amide bonds. The fourth-order valence-corrected chi connectivity index (χ4v) is 3.28. The van der Waals surface area contributed by atoms with Crippen LogP contribution in [-0.4, -0.2) is 47.8 Å². The molecule has 1 N–H and O–H groups in total. The van der Waals surface area contributed by atoms with Gasteiger partial charge in [-0.05, 0) is 36.4 Å². The van der Waals surface area contributed by atoms with E-state index in [1.807, 2.05) is 32.9 Å². The molecule has 3 aromatic rings. The molecule has 0 atom stereocenters. The lowest BCUT2D eigenvalue weighted by molar-refractivity contribution is 0.0823. The lowest BCUT2D eigenvalue weighted by Gasteiger charge is -2.19. The summed E-state index contributed by atoms with van der Waals surface area (Å²) in [6.45, 7) is 6.09. The van der Waals surface area contributed by atoms with E-state index in [4.69, 9.17) is 16.7 Å². The number of anilines is 2. The Balaban J connectivity index is 1.92. The summed E-state index contributed by atoms with van der Waals surface area (Å²) in [5.74, 6) is -0.657. The van der Waals surface area contributed by atoms with Crippen LogP contribution in [0.25, 0.3) is 5.69 Å². The van der Waals surface area contributed by atoms with Crippen LogP contribution >= 0.6 is 11.6 Å². The van der Waals surface area contributed by atoms with E-state index in [0.29, 0.717) is 16.5 Å². The van der Waals surface area contributed by atoms with E-state index in [1.54, 1.807) is 44.0 Å². The van der Waals surface area contributed by atoms with Gasteiger partial charge >= 0.3 is 6.03 Å². The smallest absolute Gasteiger partial charge is 0.327 e. The number of halogens is 2. The van der Waals surface area contributed by atoms with Gasteiger partial charge < -0.3 is 10.2 Å². The molecule has 0 spiro atoms. The van der Waals surface area contributed by atoms with Crippen LogP contribution in [0.3, 0.4) is 0 Å². The first-order chi connectivity index (χ1) is 15.4. The Labute approximate surface area is 197 Å². The molecule has 0 unspecified atom stereocenters. The zero-order chi connectivity index (χ0) is 24.5. The van der Waals surface area contributed by atoms with Gasteiger partial charge in [-0.15, -0.1) is 0 Å². The number of carbonyl (C=O) groups is 2. The zero-order valence-electron chi connectivity index (χ0n) is 19.5. The molecule has 0 saturated heterocycles. The molecule has 33 heavy (non-hydrogen) atoms. The number of rotatable bonds is 4. The molecular formula is C24H27ClFN5O2. The molecule has 174 valence electrons. The summed E-state index contributed by atoms with van der Waals surface area (Å²) in [5.41, 5.74) is 1.39. The lowest BCUT2D eigenvalue weighted by Crippen LogP contribution is -2.32. The predicted molar refractivity (Wildman–Crippen MR) is 129 cm³/mol. The van der Waals surface area contributed by atoms with Crippen molar-refractivity contribution in [2.75, 3.05) is 31.4 Å². The van der Waals surface area contributed by atoms with Gasteiger partial charge in [-0.2, -0.15) is 5.10 Å². The van der Waals surface area contributed by atoms with Crippen LogP contribution in [0.5, 0.6) is 0 Å². The van der Waals surface area contributed by atoms with Crippen molar-refractivity contribution >= 4 is 35.0 Å². The number of nitrogens with one attached hydrogen (secondary N) is 1. The van der Waals surface area contributed by atoms with E-state index in [1.165, 1.54) is 21.9 Å². The molecular weight excluding hydrogens is 445 g/mol. The van der Waals surface area contributed by atoms with Crippen molar-refractivity contribution in [1.29, 1.82) is 0 Å². The maximum absolute atomic E-state index is 14.5. The third-order valence-electron chi connectivity index (χ3n) is 5.02. The van der Waals surface area contributed by atoms with Crippen molar-refractivity contribution in [3.63, 3.8) is 0 Å². The van der Waals surface area contributed by atoms with Gasteiger partial charge in [-0.3, -0.25) is 9.69 Å². The summed E-state index contributed by atoms with van der Waals surface area (Å²) in [4.78, 5) is 27.7. The third-order valence-corrected chi connectivity index (χ3v) is 5.25. The number of urea groups is 1. The van der Waals surface area contributed by atoms with Gasteiger partial charge in [0.05, 0.1) is 16.9 Å². The fraction of sp³-hybridized carbons (Fsp3) is 0.292. The minimum Gasteiger partial charge on any atom is -0.345 e. The second kappa shape index (κ2) is 9.23. The molecule has 1 aromatic heterocycles. The van der Waals surface area contributed by atoms with Gasteiger partial charge in [0, 0.05) is 43.3 Å². The Hall–Kier alpha value is -3.39. The van der Waals surface area contributed by atoms with E-state index in [-0.39, 0.29) is 16.7 Å². The average molecular weight is 472 g/mol. The van der Waals surface area contributed by atoms with Crippen LogP contribution < -0.4 is 10.2 Å². The van der Waals surface area contributed by atoms with E-state index < -0.39 is 17.8 Å². The molecule has 0 radical (unpaired) electrons. The number of benzene rings is 2. The van der Waals surface area contributed by atoms with Crippen LogP contribution in [0, 0.1) is 5.82 Å². The molecule has 0 aliphatic heterocycles. The summed E-state index contributed by atoms with van der Waals surface area (Å²) in [6.07, 6.45) is 0. The number of hydrogen-bond acceptors (Lipinski definition) is 3. The van der Waals surface area contributed by atoms with Crippen molar-refractivity contribution in [2.45, 2.75) is 26.2 Å². The highest BCUT2D eigenvalue weighted by molar-refractivity contribution is 6.30. The minimum absolute atomic E-state index is 0.0693. The normalized spacial score (nSPS) is 11.3. The molecule has 3 rings (SSSR count). The van der Waals surface area contributed by atoms with Gasteiger partial charge in [0.2, 0.25) is 0 Å². The van der Waals surface area contributed by atoms with E-state index in [9.17, 15) is 14.0 Å². The van der Waals surface area contributed by atoms with Crippen LogP contribution in [0.1, 0.15) is 36.8 Å². The maximum atomic E-state index is 14.5. The number of aromatic nitrogens is 2. The first-order valence-corrected chi connectivity index (χ1v) is 10.7. The van der Waals surface area contributed by atoms with Crippen LogP contribution in [-0.2, 0) is 5.41 Å². The monoisotopic (exact) mass is 471 g/mol. The number of carbonyl (C=O) groups excluding carboxylic acids is 2. The van der Waals surface area contributed by atoms with Crippen molar-refractivity contribution in [3.05, 3.63) is 70.6 Å². The van der Waals surface area contributed by atoms with Crippen LogP contribution in [0.15, 0.2) is 48.5 Å². The number of hydrogen-bond donors (Lipinski definition) is 1. The van der Waals surface area contributed by atoms with Gasteiger partial charge in [-0.1, -0.05) is 38.4 Å². The van der Waals surface area contributed by atoms with Gasteiger partial charge in [0.25, 0.3) is 5.91 Å². The molecule has 0 bridgehead atoms. The summed E-state index contributed by atoms with van der Waals surface area (Å²) in [7, 11) is 4.68. The summed E-state index contributed by atoms with van der Waals surface area (Å²) < 4.78 is 16.1. The number of nitrogens with zero attached hydrogens (tertiary/aromatic N) is 4. The Morgan fingerprint density at radius 2 is 1.76 bits per heavy atom. The van der Waals surface area contributed by atoms with Gasteiger partial charge in [-0.25, -0.2) is 13.9 Å². The molecule has 1 heterocycles. The maximum Gasteiger partial charge on any atom is 0.327 e. The summed E-state index contributed by atoms with van der Waals surface area (Å²) >= 11 is 6.17. The fourth-order valence-electron chi connectivity index (χ4n) is 3.09.